The van der Waals surface area contributed by atoms with Gasteiger partial charge in [0.25, 0.3) is 0 Å². The van der Waals surface area contributed by atoms with Crippen LogP contribution in [0.3, 0.4) is 0 Å². The van der Waals surface area contributed by atoms with Gasteiger partial charge in [0.1, 0.15) is 5.75 Å². The maximum atomic E-state index is 12.1. The van der Waals surface area contributed by atoms with Gasteiger partial charge in [0.15, 0.2) is 0 Å². The van der Waals surface area contributed by atoms with Gasteiger partial charge in [-0.3, -0.25) is 9.89 Å². The molecule has 0 amide bonds. The predicted octanol–water partition coefficient (Wildman–Crippen LogP) is 4.28. The highest BCUT2D eigenvalue weighted by Crippen LogP contribution is 2.22. The van der Waals surface area contributed by atoms with Gasteiger partial charge >= 0.3 is 6.36 Å². The van der Waals surface area contributed by atoms with E-state index in [4.69, 9.17) is 0 Å². The first-order chi connectivity index (χ1) is 12.0. The van der Waals surface area contributed by atoms with Crippen molar-refractivity contribution in [3.05, 3.63) is 65.7 Å². The molecular weight excluding hydrogens is 329 g/mol. The molecule has 2 aromatic rings. The van der Waals surface area contributed by atoms with E-state index < -0.39 is 6.36 Å². The largest absolute Gasteiger partial charge is 0.573 e. The molecule has 0 bridgehead atoms. The summed E-state index contributed by atoms with van der Waals surface area (Å²) in [4.78, 5) is 6.92. The van der Waals surface area contributed by atoms with Crippen molar-refractivity contribution in [3.63, 3.8) is 0 Å². The smallest absolute Gasteiger partial charge is 0.406 e. The molecule has 1 heterocycles. The maximum absolute atomic E-state index is 12.1. The molecule has 1 aliphatic rings. The fourth-order valence-electron chi connectivity index (χ4n) is 2.87. The number of alkyl halides is 3. The SMILES string of the molecule is FC(F)(F)Oc1ccc(C=NC2CCN(Cc3ccccc3)C2)cc1. The minimum absolute atomic E-state index is 0.217. The third kappa shape index (κ3) is 5.60. The molecule has 1 unspecified atom stereocenters. The first kappa shape index (κ1) is 17.5. The molecule has 0 radical (unpaired) electrons. The number of halogens is 3. The number of aliphatic imine (C=N–C) groups is 1. The van der Waals surface area contributed by atoms with Gasteiger partial charge in [-0.15, -0.1) is 13.2 Å². The van der Waals surface area contributed by atoms with Crippen LogP contribution in [0.2, 0.25) is 0 Å². The Labute approximate surface area is 144 Å². The Hall–Kier alpha value is -2.34. The van der Waals surface area contributed by atoms with Crippen LogP contribution >= 0.6 is 0 Å². The Morgan fingerprint density at radius 1 is 1.08 bits per heavy atom. The molecule has 1 atom stereocenters. The molecule has 0 saturated carbocycles. The second-order valence-electron chi connectivity index (χ2n) is 6.06. The molecule has 3 nitrogen and oxygen atoms in total. The molecule has 25 heavy (non-hydrogen) atoms. The van der Waals surface area contributed by atoms with Crippen LogP contribution < -0.4 is 4.74 Å². The summed E-state index contributed by atoms with van der Waals surface area (Å²) >= 11 is 0. The van der Waals surface area contributed by atoms with Crippen molar-refractivity contribution < 1.29 is 17.9 Å². The number of hydrogen-bond acceptors (Lipinski definition) is 3. The van der Waals surface area contributed by atoms with Crippen LogP contribution in [0.25, 0.3) is 0 Å². The number of hydrogen-bond donors (Lipinski definition) is 0. The van der Waals surface area contributed by atoms with Crippen LogP contribution in [0.5, 0.6) is 5.75 Å². The average Bonchev–Trinajstić information content (AvgIpc) is 3.01. The highest BCUT2D eigenvalue weighted by Gasteiger charge is 2.30. The highest BCUT2D eigenvalue weighted by atomic mass is 19.4. The summed E-state index contributed by atoms with van der Waals surface area (Å²) in [6.07, 6.45) is -1.96. The Balaban J connectivity index is 1.51. The summed E-state index contributed by atoms with van der Waals surface area (Å²) in [7, 11) is 0. The minimum atomic E-state index is -4.67. The summed E-state index contributed by atoms with van der Waals surface area (Å²) in [5, 5.41) is 0. The summed E-state index contributed by atoms with van der Waals surface area (Å²) in [5.41, 5.74) is 2.04. The summed E-state index contributed by atoms with van der Waals surface area (Å²) in [5.74, 6) is -0.223. The maximum Gasteiger partial charge on any atom is 0.573 e. The Morgan fingerprint density at radius 3 is 2.48 bits per heavy atom. The van der Waals surface area contributed by atoms with Crippen molar-refractivity contribution in [2.75, 3.05) is 13.1 Å². The number of ether oxygens (including phenoxy) is 1. The van der Waals surface area contributed by atoms with E-state index in [2.05, 4.69) is 26.8 Å². The van der Waals surface area contributed by atoms with Crippen LogP contribution in [0.1, 0.15) is 17.5 Å². The van der Waals surface area contributed by atoms with Crippen LogP contribution in [0.15, 0.2) is 59.6 Å². The molecule has 6 heteroatoms. The van der Waals surface area contributed by atoms with Crippen molar-refractivity contribution in [3.8, 4) is 5.75 Å². The monoisotopic (exact) mass is 348 g/mol. The number of benzene rings is 2. The second kappa shape index (κ2) is 7.70. The van der Waals surface area contributed by atoms with Gasteiger partial charge in [0, 0.05) is 25.8 Å². The quantitative estimate of drug-likeness (QED) is 0.754. The molecule has 132 valence electrons. The van der Waals surface area contributed by atoms with E-state index in [1.54, 1.807) is 18.3 Å². The van der Waals surface area contributed by atoms with Crippen LogP contribution in [0.4, 0.5) is 13.2 Å². The van der Waals surface area contributed by atoms with E-state index in [1.165, 1.54) is 17.7 Å². The van der Waals surface area contributed by atoms with E-state index in [1.807, 2.05) is 18.2 Å². The van der Waals surface area contributed by atoms with Gasteiger partial charge in [-0.1, -0.05) is 30.3 Å². The molecule has 0 N–H and O–H groups in total. The van der Waals surface area contributed by atoms with E-state index in [0.29, 0.717) is 0 Å². The van der Waals surface area contributed by atoms with Crippen molar-refractivity contribution in [2.24, 2.45) is 4.99 Å². The number of nitrogens with zero attached hydrogens (tertiary/aromatic N) is 2. The van der Waals surface area contributed by atoms with Crippen LogP contribution in [0, 0.1) is 0 Å². The summed E-state index contributed by atoms with van der Waals surface area (Å²) in [6.45, 7) is 2.80. The average molecular weight is 348 g/mol. The lowest BCUT2D eigenvalue weighted by molar-refractivity contribution is -0.274. The van der Waals surface area contributed by atoms with Crippen LogP contribution in [-0.2, 0) is 6.54 Å². The summed E-state index contributed by atoms with van der Waals surface area (Å²) < 4.78 is 40.3. The zero-order valence-electron chi connectivity index (χ0n) is 13.6. The van der Waals surface area contributed by atoms with Gasteiger partial charge in [0.05, 0.1) is 6.04 Å². The molecule has 0 aliphatic carbocycles. The van der Waals surface area contributed by atoms with E-state index in [0.717, 1.165) is 31.6 Å². The molecule has 0 spiro atoms. The van der Waals surface area contributed by atoms with Crippen molar-refractivity contribution in [1.29, 1.82) is 0 Å². The first-order valence-electron chi connectivity index (χ1n) is 8.13. The lowest BCUT2D eigenvalue weighted by atomic mass is 10.2. The predicted molar refractivity (Wildman–Crippen MR) is 90.8 cm³/mol. The first-order valence-corrected chi connectivity index (χ1v) is 8.13. The van der Waals surface area contributed by atoms with E-state index in [-0.39, 0.29) is 11.8 Å². The molecule has 1 fully saturated rings. The normalized spacial score (nSPS) is 18.8. The molecule has 3 rings (SSSR count). The highest BCUT2D eigenvalue weighted by molar-refractivity contribution is 5.79. The van der Waals surface area contributed by atoms with Gasteiger partial charge in [-0.2, -0.15) is 0 Å². The zero-order chi connectivity index (χ0) is 17.7. The van der Waals surface area contributed by atoms with E-state index >= 15 is 0 Å². The third-order valence-electron chi connectivity index (χ3n) is 4.04. The topological polar surface area (TPSA) is 24.8 Å². The van der Waals surface area contributed by atoms with Crippen molar-refractivity contribution >= 4 is 6.21 Å². The van der Waals surface area contributed by atoms with Gasteiger partial charge in [-0.05, 0) is 41.8 Å². The Bertz CT molecular complexity index is 699. The molecule has 2 aromatic carbocycles. The lowest BCUT2D eigenvalue weighted by Crippen LogP contribution is -2.21. The van der Waals surface area contributed by atoms with Gasteiger partial charge in [0.2, 0.25) is 0 Å². The number of likely N-dealkylation sites (tertiary alicyclic amines) is 1. The molecule has 0 aromatic heterocycles. The molecule has 1 aliphatic heterocycles. The lowest BCUT2D eigenvalue weighted by Gasteiger charge is -2.14. The number of rotatable bonds is 5. The standard InChI is InChI=1S/C19H19F3N2O/c20-19(21,22)25-18-8-6-15(7-9-18)12-23-17-10-11-24(14-17)13-16-4-2-1-3-5-16/h1-9,12,17H,10-11,13-14H2. The van der Waals surface area contributed by atoms with Crippen molar-refractivity contribution in [1.82, 2.24) is 4.90 Å². The third-order valence-corrected chi connectivity index (χ3v) is 4.04. The minimum Gasteiger partial charge on any atom is -0.406 e. The fourth-order valence-corrected chi connectivity index (χ4v) is 2.87. The molecule has 1 saturated heterocycles. The molecular formula is C19H19F3N2O. The van der Waals surface area contributed by atoms with Gasteiger partial charge < -0.3 is 4.74 Å². The zero-order valence-corrected chi connectivity index (χ0v) is 13.6. The van der Waals surface area contributed by atoms with E-state index in [9.17, 15) is 13.2 Å². The fraction of sp³-hybridized carbons (Fsp3) is 0.316. The second-order valence-corrected chi connectivity index (χ2v) is 6.06. The van der Waals surface area contributed by atoms with Crippen LogP contribution in [-0.4, -0.2) is 36.6 Å². The Kier molecular flexibility index (Phi) is 5.38. The summed E-state index contributed by atoms with van der Waals surface area (Å²) in [6, 6.07) is 16.3. The van der Waals surface area contributed by atoms with Gasteiger partial charge in [-0.25, -0.2) is 0 Å². The Morgan fingerprint density at radius 2 is 1.80 bits per heavy atom. The van der Waals surface area contributed by atoms with Crippen molar-refractivity contribution in [2.45, 2.75) is 25.4 Å².